The molecule has 0 aliphatic carbocycles. The topological polar surface area (TPSA) is 48.1 Å². The number of hydrogen-bond donors (Lipinski definition) is 1. The van der Waals surface area contributed by atoms with Gasteiger partial charge in [0.1, 0.15) is 4.99 Å². The highest BCUT2D eigenvalue weighted by Gasteiger charge is 2.04. The minimum atomic E-state index is -2.51. The third kappa shape index (κ3) is 3.21. The first-order valence-corrected chi connectivity index (χ1v) is 4.17. The number of ether oxygens (including phenoxy) is 1. The predicted molar refractivity (Wildman–Crippen MR) is 51.6 cm³/mol. The van der Waals surface area contributed by atoms with Gasteiger partial charge >= 0.3 is 0 Å². The highest BCUT2D eigenvalue weighted by molar-refractivity contribution is 7.80. The van der Waals surface area contributed by atoms with Crippen LogP contribution in [0.25, 0.3) is 0 Å². The van der Waals surface area contributed by atoms with Crippen molar-refractivity contribution < 1.29 is 13.5 Å². The maximum absolute atomic E-state index is 11.7. The van der Waals surface area contributed by atoms with E-state index in [1.54, 1.807) is 6.07 Å². The van der Waals surface area contributed by atoms with E-state index in [2.05, 4.69) is 21.9 Å². The number of nitrogens with two attached hydrogens (primary N) is 1. The summed E-state index contributed by atoms with van der Waals surface area (Å²) in [6, 6.07) is 3.01. The third-order valence-corrected chi connectivity index (χ3v) is 1.61. The zero-order valence-electron chi connectivity index (χ0n) is 7.11. The van der Waals surface area contributed by atoms with Crippen LogP contribution in [0.4, 0.5) is 8.78 Å². The minimum absolute atomic E-state index is 0.130. The molecule has 0 amide bonds. The Morgan fingerprint density at radius 3 is 2.71 bits per heavy atom. The Kier molecular flexibility index (Phi) is 3.70. The fourth-order valence-electron chi connectivity index (χ4n) is 0.760. The number of pyridine rings is 1. The van der Waals surface area contributed by atoms with Gasteiger partial charge < -0.3 is 10.5 Å². The Bertz CT molecular complexity index is 316. The number of halogens is 2. The van der Waals surface area contributed by atoms with Crippen LogP contribution in [0, 0.1) is 0 Å². The molecule has 1 heterocycles. The summed E-state index contributed by atoms with van der Waals surface area (Å²) in [5.41, 5.74) is 5.89. The van der Waals surface area contributed by atoms with Gasteiger partial charge in [-0.05, 0) is 6.07 Å². The Morgan fingerprint density at radius 1 is 1.57 bits per heavy atom. The number of nitrogens with zero attached hydrogens (tertiary/aromatic N) is 1. The van der Waals surface area contributed by atoms with Crippen molar-refractivity contribution in [2.24, 2.45) is 5.73 Å². The lowest BCUT2D eigenvalue weighted by Crippen LogP contribution is -2.11. The molecule has 14 heavy (non-hydrogen) atoms. The summed E-state index contributed by atoms with van der Waals surface area (Å²) in [6.45, 7) is -0.667. The first-order chi connectivity index (χ1) is 6.59. The molecule has 0 aliphatic heterocycles. The van der Waals surface area contributed by atoms with Crippen LogP contribution in [0.2, 0.25) is 0 Å². The molecule has 0 aromatic carbocycles. The van der Waals surface area contributed by atoms with Crippen molar-refractivity contribution in [3.05, 3.63) is 23.9 Å². The standard InChI is InChI=1S/C8H8F2N2OS/c9-6(10)4-13-7-2-1-5(3-12-7)8(11)14/h1-3,6H,4H2,(H2,11,14). The number of aromatic nitrogens is 1. The van der Waals surface area contributed by atoms with Gasteiger partial charge in [-0.15, -0.1) is 0 Å². The number of rotatable bonds is 4. The van der Waals surface area contributed by atoms with Crippen molar-refractivity contribution in [3.8, 4) is 5.88 Å². The van der Waals surface area contributed by atoms with Crippen molar-refractivity contribution >= 4 is 17.2 Å². The first kappa shape index (κ1) is 10.8. The first-order valence-electron chi connectivity index (χ1n) is 3.76. The van der Waals surface area contributed by atoms with Gasteiger partial charge in [-0.2, -0.15) is 0 Å². The number of alkyl halides is 2. The second kappa shape index (κ2) is 4.80. The fraction of sp³-hybridized carbons (Fsp3) is 0.250. The van der Waals surface area contributed by atoms with Crippen molar-refractivity contribution in [1.82, 2.24) is 4.98 Å². The summed E-state index contributed by atoms with van der Waals surface area (Å²) in [7, 11) is 0. The molecule has 1 rings (SSSR count). The fourth-order valence-corrected chi connectivity index (χ4v) is 0.881. The predicted octanol–water partition coefficient (Wildman–Crippen LogP) is 1.36. The van der Waals surface area contributed by atoms with Crippen LogP contribution in [-0.4, -0.2) is 23.0 Å². The summed E-state index contributed by atoms with van der Waals surface area (Å²) in [4.78, 5) is 3.96. The van der Waals surface area contributed by atoms with Crippen LogP contribution < -0.4 is 10.5 Å². The van der Waals surface area contributed by atoms with Crippen LogP contribution in [0.3, 0.4) is 0 Å². The van der Waals surface area contributed by atoms with Crippen molar-refractivity contribution in [2.75, 3.05) is 6.61 Å². The van der Waals surface area contributed by atoms with Crippen LogP contribution in [0.5, 0.6) is 5.88 Å². The molecule has 0 saturated heterocycles. The van der Waals surface area contributed by atoms with Gasteiger partial charge in [-0.25, -0.2) is 13.8 Å². The molecule has 0 aliphatic rings. The molecular weight excluding hydrogens is 210 g/mol. The van der Waals surface area contributed by atoms with Crippen molar-refractivity contribution in [2.45, 2.75) is 6.43 Å². The van der Waals surface area contributed by atoms with Crippen molar-refractivity contribution in [3.63, 3.8) is 0 Å². The van der Waals surface area contributed by atoms with E-state index in [1.165, 1.54) is 12.3 Å². The van der Waals surface area contributed by atoms with E-state index in [0.29, 0.717) is 5.56 Å². The van der Waals surface area contributed by atoms with Gasteiger partial charge in [-0.3, -0.25) is 0 Å². The van der Waals surface area contributed by atoms with Crippen LogP contribution in [0.15, 0.2) is 18.3 Å². The Morgan fingerprint density at radius 2 is 2.29 bits per heavy atom. The van der Waals surface area contributed by atoms with Gasteiger partial charge in [0.25, 0.3) is 6.43 Å². The lowest BCUT2D eigenvalue weighted by molar-refractivity contribution is 0.0796. The quantitative estimate of drug-likeness (QED) is 0.775. The van der Waals surface area contributed by atoms with Gasteiger partial charge in [0.05, 0.1) is 0 Å². The minimum Gasteiger partial charge on any atom is -0.472 e. The molecule has 0 spiro atoms. The second-order valence-electron chi connectivity index (χ2n) is 2.45. The summed E-state index contributed by atoms with van der Waals surface area (Å²) in [6.07, 6.45) is -1.13. The van der Waals surface area contributed by atoms with Gasteiger partial charge in [0.2, 0.25) is 5.88 Å². The van der Waals surface area contributed by atoms with E-state index < -0.39 is 13.0 Å². The molecule has 0 atom stereocenters. The molecular formula is C8H8F2N2OS. The van der Waals surface area contributed by atoms with E-state index in [-0.39, 0.29) is 10.9 Å². The Hall–Kier alpha value is -1.30. The third-order valence-electron chi connectivity index (χ3n) is 1.38. The van der Waals surface area contributed by atoms with E-state index >= 15 is 0 Å². The molecule has 0 bridgehead atoms. The smallest absolute Gasteiger partial charge is 0.272 e. The Labute approximate surface area is 84.9 Å². The Balaban J connectivity index is 2.60. The van der Waals surface area contributed by atoms with E-state index in [0.717, 1.165) is 0 Å². The monoisotopic (exact) mass is 218 g/mol. The lowest BCUT2D eigenvalue weighted by Gasteiger charge is -2.04. The zero-order valence-corrected chi connectivity index (χ0v) is 7.93. The van der Waals surface area contributed by atoms with Crippen LogP contribution >= 0.6 is 12.2 Å². The lowest BCUT2D eigenvalue weighted by atomic mass is 10.3. The number of thiocarbonyl (C=S) groups is 1. The average molecular weight is 218 g/mol. The molecule has 6 heteroatoms. The van der Waals surface area contributed by atoms with E-state index in [9.17, 15) is 8.78 Å². The maximum atomic E-state index is 11.7. The summed E-state index contributed by atoms with van der Waals surface area (Å²) < 4.78 is 28.1. The molecule has 0 radical (unpaired) electrons. The molecule has 2 N–H and O–H groups in total. The summed E-state index contributed by atoms with van der Waals surface area (Å²) in [5.74, 6) is 0.130. The normalized spacial score (nSPS) is 10.2. The molecule has 0 unspecified atom stereocenters. The van der Waals surface area contributed by atoms with Crippen molar-refractivity contribution in [1.29, 1.82) is 0 Å². The molecule has 1 aromatic heterocycles. The van der Waals surface area contributed by atoms with Crippen LogP contribution in [-0.2, 0) is 0 Å². The summed E-state index contributed by atoms with van der Waals surface area (Å²) in [5, 5.41) is 0. The van der Waals surface area contributed by atoms with Gasteiger partial charge in [0.15, 0.2) is 6.61 Å². The second-order valence-corrected chi connectivity index (χ2v) is 2.89. The molecule has 0 fully saturated rings. The highest BCUT2D eigenvalue weighted by atomic mass is 32.1. The molecule has 0 saturated carbocycles. The van der Waals surface area contributed by atoms with Crippen LogP contribution in [0.1, 0.15) is 5.56 Å². The number of hydrogen-bond acceptors (Lipinski definition) is 3. The van der Waals surface area contributed by atoms with E-state index in [1.807, 2.05) is 0 Å². The molecule has 1 aromatic rings. The SMILES string of the molecule is NC(=S)c1ccc(OCC(F)F)nc1. The maximum Gasteiger partial charge on any atom is 0.272 e. The zero-order chi connectivity index (χ0) is 10.6. The highest BCUT2D eigenvalue weighted by Crippen LogP contribution is 2.08. The van der Waals surface area contributed by atoms with Gasteiger partial charge in [-0.1, -0.05) is 12.2 Å². The largest absolute Gasteiger partial charge is 0.472 e. The summed E-state index contributed by atoms with van der Waals surface area (Å²) >= 11 is 4.69. The van der Waals surface area contributed by atoms with Gasteiger partial charge in [0, 0.05) is 17.8 Å². The average Bonchev–Trinajstić information content (AvgIpc) is 2.15. The molecule has 76 valence electrons. The van der Waals surface area contributed by atoms with E-state index in [4.69, 9.17) is 5.73 Å². The molecule has 3 nitrogen and oxygen atoms in total.